The first-order chi connectivity index (χ1) is 41.6. The molecule has 2 aliphatic rings. The molecule has 0 aromatic carbocycles. The molecule has 0 saturated carbocycles. The van der Waals surface area contributed by atoms with E-state index in [4.69, 9.17) is 67.6 Å². The Balaban J connectivity index is 0. The number of ether oxygens (including phenoxy) is 4. The van der Waals surface area contributed by atoms with Crippen molar-refractivity contribution in [1.82, 2.24) is 25.6 Å². The second-order valence-corrected chi connectivity index (χ2v) is 30.5. The number of terminal acetylenes is 1. The Morgan fingerprint density at radius 3 is 1.38 bits per heavy atom. The summed E-state index contributed by atoms with van der Waals surface area (Å²) in [6, 6.07) is 4.65. The van der Waals surface area contributed by atoms with Gasteiger partial charge in [0.15, 0.2) is 0 Å². The van der Waals surface area contributed by atoms with Crippen molar-refractivity contribution in [2.24, 2.45) is 0 Å². The topological polar surface area (TPSA) is 317 Å². The first-order valence-electron chi connectivity index (χ1n) is 28.4. The van der Waals surface area contributed by atoms with Crippen molar-refractivity contribution >= 4 is 121 Å². The number of nitrogen functional groups attached to an aromatic ring is 1. The van der Waals surface area contributed by atoms with Gasteiger partial charge in [0.2, 0.25) is 0 Å². The molecule has 0 unspecified atom stereocenters. The molecule has 91 heavy (non-hydrogen) atoms. The zero-order valence-electron chi connectivity index (χ0n) is 56.1. The summed E-state index contributed by atoms with van der Waals surface area (Å²) in [6.45, 7) is 38.5. The van der Waals surface area contributed by atoms with Gasteiger partial charge in [-0.3, -0.25) is 44.8 Å². The number of alkyl carbamates (subject to hydrolysis) is 2. The number of pyridine rings is 3. The van der Waals surface area contributed by atoms with Gasteiger partial charge >= 0.3 is 75.7 Å². The van der Waals surface area contributed by atoms with Crippen LogP contribution >= 0.6 is 33.8 Å². The number of hydrogen-bond donors (Lipinski definition) is 3. The number of anilines is 1. The van der Waals surface area contributed by atoms with Gasteiger partial charge < -0.3 is 53.9 Å². The summed E-state index contributed by atoms with van der Waals surface area (Å²) in [7, 11) is 10.9. The molecule has 3 aromatic heterocycles. The molecule has 0 bridgehead atoms. The summed E-state index contributed by atoms with van der Waals surface area (Å²) in [5, 5.41) is 25.7. The molecule has 5 rings (SSSR count). The molecule has 0 atom stereocenters. The van der Waals surface area contributed by atoms with Gasteiger partial charge in [0.25, 0.3) is 11.4 Å². The van der Waals surface area contributed by atoms with E-state index >= 15 is 0 Å². The Bertz CT molecular complexity index is 2860. The number of rotatable bonds is 14. The van der Waals surface area contributed by atoms with E-state index in [2.05, 4.69) is 47.4 Å². The van der Waals surface area contributed by atoms with E-state index in [-0.39, 0.29) is 65.8 Å². The molecule has 2 aliphatic heterocycles. The maximum absolute atomic E-state index is 11.5. The maximum atomic E-state index is 11.5. The number of hydrogen-bond acceptors (Lipinski definition) is 20. The summed E-state index contributed by atoms with van der Waals surface area (Å²) in [5.74, 6) is 3.62. The van der Waals surface area contributed by atoms with Gasteiger partial charge in [-0.2, -0.15) is 0 Å². The number of nitrogens with one attached hydrogen (secondary N) is 2. The summed E-state index contributed by atoms with van der Waals surface area (Å²) in [5.41, 5.74) is 4.82. The zero-order chi connectivity index (χ0) is 70.7. The number of amides is 2. The molecule has 30 heteroatoms. The van der Waals surface area contributed by atoms with Gasteiger partial charge in [-0.05, 0) is 184 Å². The van der Waals surface area contributed by atoms with Gasteiger partial charge in [-0.1, -0.05) is 42.3 Å². The number of esters is 2. The van der Waals surface area contributed by atoms with Crippen molar-refractivity contribution in [2.45, 2.75) is 209 Å². The SMILES string of the molecule is C#CCNC(=O)OC(C)(C)C.CC(C)(C)OC(=O)CC/C=C/c1cncc(N)c1.CC(C)(C)OC(=O)CC/C=C/c1cncc([N+](=O)[O-])c1.CC(C)(C)OC(=O)NC/C=C/B1OC(C)(C)C(C)(C)O1.CC1(C)O[B]OC1(C)C.O=[N+]([O-])c1cncc(Br)c1.[Cl][Sn][Cl]. The molecule has 4 N–H and O–H groups in total. The summed E-state index contributed by atoms with van der Waals surface area (Å²) in [4.78, 5) is 76.2. The third-order valence-corrected chi connectivity index (χ3v) is 11.8. The van der Waals surface area contributed by atoms with Crippen molar-refractivity contribution in [3.63, 3.8) is 0 Å². The summed E-state index contributed by atoms with van der Waals surface area (Å²) >= 11 is 2.24. The van der Waals surface area contributed by atoms with Crippen molar-refractivity contribution in [1.29, 1.82) is 0 Å². The number of carbonyl (C=O) groups excluding carboxylic acids is 4. The quantitative estimate of drug-likeness (QED) is 0.0337. The first-order valence-corrected chi connectivity index (χ1v) is 36.5. The van der Waals surface area contributed by atoms with E-state index in [9.17, 15) is 39.4 Å². The minimum absolute atomic E-state index is 0.00521. The summed E-state index contributed by atoms with van der Waals surface area (Å²) in [6.07, 6.45) is 23.6. The Labute approximate surface area is 564 Å². The molecular formula is C61H92B2BrCl2N8O16Sn. The van der Waals surface area contributed by atoms with E-state index < -0.39 is 63.3 Å². The predicted molar refractivity (Wildman–Crippen MR) is 362 cm³/mol. The minimum atomic E-state index is -0.826. The van der Waals surface area contributed by atoms with Crippen molar-refractivity contribution in [3.05, 3.63) is 115 Å². The number of carbonyl (C=O) groups is 4. The number of halogens is 3. The Morgan fingerprint density at radius 2 is 1.03 bits per heavy atom. The van der Waals surface area contributed by atoms with Crippen LogP contribution in [-0.4, -0.2) is 141 Å². The van der Waals surface area contributed by atoms with Crippen LogP contribution in [-0.2, 0) is 47.2 Å². The molecule has 2 fully saturated rings. The van der Waals surface area contributed by atoms with Gasteiger partial charge in [-0.25, -0.2) is 9.59 Å². The Hall–Kier alpha value is -5.86. The molecule has 3 radical (unpaired) electrons. The molecule has 0 aliphatic carbocycles. The molecule has 2 saturated heterocycles. The molecule has 0 spiro atoms. The zero-order valence-corrected chi connectivity index (χ0v) is 62.1. The van der Waals surface area contributed by atoms with Crippen LogP contribution in [0.5, 0.6) is 0 Å². The Kier molecular flexibility index (Phi) is 39.9. The van der Waals surface area contributed by atoms with E-state index in [1.165, 1.54) is 44.6 Å². The molecular weight excluding hydrogens is 1390 g/mol. The Morgan fingerprint density at radius 1 is 0.648 bits per heavy atom. The van der Waals surface area contributed by atoms with E-state index in [1.807, 2.05) is 136 Å². The average molecular weight is 1480 g/mol. The normalized spacial score (nSPS) is 14.9. The number of allylic oxidation sites excluding steroid dienone is 2. The van der Waals surface area contributed by atoms with E-state index in [1.54, 1.807) is 57.4 Å². The van der Waals surface area contributed by atoms with Crippen LogP contribution in [0.2, 0.25) is 0 Å². The summed E-state index contributed by atoms with van der Waals surface area (Å²) < 4.78 is 43.0. The third kappa shape index (κ3) is 44.3. The van der Waals surface area contributed by atoms with Gasteiger partial charge in [-0.15, -0.1) is 6.42 Å². The average Bonchev–Trinajstić information content (AvgIpc) is 1.66. The van der Waals surface area contributed by atoms with Crippen molar-refractivity contribution in [3.8, 4) is 12.3 Å². The van der Waals surface area contributed by atoms with Crippen LogP contribution in [0.1, 0.15) is 175 Å². The third-order valence-electron chi connectivity index (χ3n) is 11.3. The van der Waals surface area contributed by atoms with Crippen LogP contribution in [0.3, 0.4) is 0 Å². The number of nitrogens with two attached hydrogens (primary N) is 1. The molecule has 2 amide bonds. The van der Waals surface area contributed by atoms with Crippen LogP contribution in [0.4, 0.5) is 26.7 Å². The van der Waals surface area contributed by atoms with Crippen LogP contribution in [0.15, 0.2) is 84.1 Å². The van der Waals surface area contributed by atoms with Gasteiger partial charge in [0.1, 0.15) is 34.8 Å². The van der Waals surface area contributed by atoms with E-state index in [0.29, 0.717) is 41.5 Å². The van der Waals surface area contributed by atoms with Gasteiger partial charge in [0, 0.05) is 60.8 Å². The molecule has 503 valence electrons. The van der Waals surface area contributed by atoms with E-state index in [0.717, 1.165) is 5.56 Å². The number of nitro groups is 2. The first kappa shape index (κ1) is 87.2. The monoisotopic (exact) mass is 1480 g/mol. The fraction of sp³-hybridized carbons (Fsp3) is 0.557. The predicted octanol–water partition coefficient (Wildman–Crippen LogP) is 13.6. The number of nitrogens with zero attached hydrogens (tertiary/aromatic N) is 5. The van der Waals surface area contributed by atoms with Crippen LogP contribution in [0, 0.1) is 32.6 Å². The van der Waals surface area contributed by atoms with Crippen molar-refractivity contribution < 1.29 is 66.6 Å². The second-order valence-electron chi connectivity index (χ2n) is 25.4. The molecule has 5 heterocycles. The van der Waals surface area contributed by atoms with Gasteiger partial charge in [0.05, 0.1) is 44.5 Å². The van der Waals surface area contributed by atoms with Crippen molar-refractivity contribution in [2.75, 3.05) is 18.8 Å². The molecule has 24 nitrogen and oxygen atoms in total. The second kappa shape index (κ2) is 41.7. The fourth-order valence-corrected chi connectivity index (χ4v) is 6.27. The fourth-order valence-electron chi connectivity index (χ4n) is 5.92. The standard InChI is InChI=1S/C14H26BNO4.C14H18N2O4.C14H20N2O2.C8H13NO2.C6H12BO2.C5H3BrN2O2.2ClH.Sn/c1-12(2,3)18-11(17)16-10-8-9-15-19-13(4,5)14(6,7)20-15;1-14(2,3)20-13(17)7-5-4-6-11-8-12(16(18)19)10-15-9-11;1-14(2,3)18-13(17)7-5-4-6-11-8-12(15)10-16-9-11;1-5-6-9-7(10)11-8(2,3)4;1-5(2)6(3,4)9-7-8-5;6-4-1-5(8(9)10)3-7-2-4;;;/h8-9H,10H2,1-7H3,(H,16,17);4,6,8-10H,5,7H2,1-3H3;4,6,8-10H,5,7,15H2,1-3H3;1H,6H2,2-4H3,(H,9,10);1-4H3;1-3H;2*1H;/q;;;;;;;;+2/p-2/b9-8+;2*6-4+;;;;;;. The van der Waals surface area contributed by atoms with Crippen LogP contribution in [0.25, 0.3) is 12.2 Å². The van der Waals surface area contributed by atoms with Crippen LogP contribution < -0.4 is 16.4 Å². The number of aromatic nitrogens is 3. The molecule has 3 aromatic rings.